The van der Waals surface area contributed by atoms with Gasteiger partial charge in [0.05, 0.1) is 13.1 Å². The van der Waals surface area contributed by atoms with Crippen molar-refractivity contribution in [2.24, 2.45) is 0 Å². The highest BCUT2D eigenvalue weighted by molar-refractivity contribution is 6.17. The first kappa shape index (κ1) is 12.3. The number of hydrogen-bond acceptors (Lipinski definition) is 2. The van der Waals surface area contributed by atoms with Gasteiger partial charge in [0, 0.05) is 6.54 Å². The average Bonchev–Trinajstić information content (AvgIpc) is 2.23. The highest BCUT2D eigenvalue weighted by atomic mass is 35.5. The minimum atomic E-state index is 0.508. The summed E-state index contributed by atoms with van der Waals surface area (Å²) in [5.41, 5.74) is 3.81. The van der Waals surface area contributed by atoms with Crippen molar-refractivity contribution in [1.29, 1.82) is 0 Å². The van der Waals surface area contributed by atoms with Crippen molar-refractivity contribution >= 4 is 11.6 Å². The Morgan fingerprint density at radius 1 is 1.27 bits per heavy atom. The van der Waals surface area contributed by atoms with Gasteiger partial charge in [0.1, 0.15) is 5.75 Å². The Morgan fingerprint density at radius 3 is 2.60 bits per heavy atom. The van der Waals surface area contributed by atoms with Gasteiger partial charge < -0.3 is 10.1 Å². The van der Waals surface area contributed by atoms with Gasteiger partial charge in [0.2, 0.25) is 0 Å². The fourth-order valence-corrected chi connectivity index (χ4v) is 1.76. The zero-order valence-electron chi connectivity index (χ0n) is 9.56. The number of ether oxygens (including phenoxy) is 1. The number of alkyl halides is 1. The molecule has 84 valence electrons. The standard InChI is InChI=1S/C12H18ClNO/c1-9-7-12(15-3)10(2)6-11(9)4-5-14-8-13/h6-7,14H,4-5,8H2,1-3H3. The predicted octanol–water partition coefficient (Wildman–Crippen LogP) is 2.64. The van der Waals surface area contributed by atoms with Gasteiger partial charge >= 0.3 is 0 Å². The van der Waals surface area contributed by atoms with Gasteiger partial charge in [-0.1, -0.05) is 6.07 Å². The molecule has 0 unspecified atom stereocenters. The minimum Gasteiger partial charge on any atom is -0.496 e. The lowest BCUT2D eigenvalue weighted by Gasteiger charge is -2.11. The van der Waals surface area contributed by atoms with Crippen molar-refractivity contribution < 1.29 is 4.74 Å². The van der Waals surface area contributed by atoms with Crippen LogP contribution in [-0.2, 0) is 6.42 Å². The molecule has 0 aliphatic carbocycles. The molecule has 1 aromatic carbocycles. The lowest BCUT2D eigenvalue weighted by molar-refractivity contribution is 0.411. The molecule has 0 aromatic heterocycles. The van der Waals surface area contributed by atoms with Gasteiger partial charge in [-0.25, -0.2) is 0 Å². The quantitative estimate of drug-likeness (QED) is 0.475. The van der Waals surface area contributed by atoms with E-state index >= 15 is 0 Å². The van der Waals surface area contributed by atoms with Gasteiger partial charge in [-0.15, -0.1) is 11.6 Å². The normalized spacial score (nSPS) is 10.4. The topological polar surface area (TPSA) is 21.3 Å². The number of halogens is 1. The van der Waals surface area contributed by atoms with Gasteiger partial charge in [-0.2, -0.15) is 0 Å². The Morgan fingerprint density at radius 2 is 2.00 bits per heavy atom. The molecule has 0 aliphatic heterocycles. The molecule has 0 atom stereocenters. The van der Waals surface area contributed by atoms with Gasteiger partial charge in [-0.3, -0.25) is 0 Å². The monoisotopic (exact) mass is 227 g/mol. The van der Waals surface area contributed by atoms with E-state index < -0.39 is 0 Å². The summed E-state index contributed by atoms with van der Waals surface area (Å²) in [7, 11) is 1.70. The second-order valence-electron chi connectivity index (χ2n) is 3.63. The van der Waals surface area contributed by atoms with Crippen molar-refractivity contribution in [2.75, 3.05) is 19.7 Å². The first-order valence-corrected chi connectivity index (χ1v) is 5.63. The number of nitrogens with one attached hydrogen (secondary N) is 1. The zero-order chi connectivity index (χ0) is 11.3. The molecule has 2 nitrogen and oxygen atoms in total. The molecule has 15 heavy (non-hydrogen) atoms. The van der Waals surface area contributed by atoms with Crippen molar-refractivity contribution in [1.82, 2.24) is 5.32 Å². The third-order valence-corrected chi connectivity index (χ3v) is 2.71. The number of benzene rings is 1. The van der Waals surface area contributed by atoms with Crippen molar-refractivity contribution in [3.8, 4) is 5.75 Å². The van der Waals surface area contributed by atoms with Crippen molar-refractivity contribution in [3.05, 3.63) is 28.8 Å². The molecule has 0 radical (unpaired) electrons. The van der Waals surface area contributed by atoms with Crippen LogP contribution < -0.4 is 10.1 Å². The summed E-state index contributed by atoms with van der Waals surface area (Å²) in [6.07, 6.45) is 1.00. The maximum absolute atomic E-state index is 5.56. The fourth-order valence-electron chi connectivity index (χ4n) is 1.63. The SMILES string of the molecule is COc1cc(C)c(CCNCCl)cc1C. The summed E-state index contributed by atoms with van der Waals surface area (Å²) in [6, 6.07) is 4.78. The second kappa shape index (κ2) is 5.99. The van der Waals surface area contributed by atoms with Crippen LogP contribution in [0.2, 0.25) is 0 Å². The number of methoxy groups -OCH3 is 1. The highest BCUT2D eigenvalue weighted by Crippen LogP contribution is 2.22. The van der Waals surface area contributed by atoms with E-state index in [1.165, 1.54) is 16.7 Å². The summed E-state index contributed by atoms with van der Waals surface area (Å²) in [4.78, 5) is 0. The Hall–Kier alpha value is -0.730. The minimum absolute atomic E-state index is 0.508. The van der Waals surface area contributed by atoms with E-state index in [1.54, 1.807) is 7.11 Å². The molecule has 0 amide bonds. The second-order valence-corrected chi connectivity index (χ2v) is 3.90. The van der Waals surface area contributed by atoms with E-state index in [0.29, 0.717) is 6.00 Å². The molecule has 0 fully saturated rings. The molecule has 3 heteroatoms. The van der Waals surface area contributed by atoms with Crippen LogP contribution >= 0.6 is 11.6 Å². The van der Waals surface area contributed by atoms with Crippen molar-refractivity contribution in [3.63, 3.8) is 0 Å². The summed E-state index contributed by atoms with van der Waals surface area (Å²) in [5.74, 6) is 0.960. The van der Waals surface area contributed by atoms with Crippen LogP contribution in [0.1, 0.15) is 16.7 Å². The summed E-state index contributed by atoms with van der Waals surface area (Å²) in [5, 5.41) is 3.11. The molecular weight excluding hydrogens is 210 g/mol. The van der Waals surface area contributed by atoms with Gasteiger partial charge in [0.25, 0.3) is 0 Å². The van der Waals surface area contributed by atoms with E-state index in [4.69, 9.17) is 16.3 Å². The highest BCUT2D eigenvalue weighted by Gasteiger charge is 2.04. The van der Waals surface area contributed by atoms with Crippen LogP contribution in [0.15, 0.2) is 12.1 Å². The fraction of sp³-hybridized carbons (Fsp3) is 0.500. The Balaban J connectivity index is 2.76. The third-order valence-electron chi connectivity index (χ3n) is 2.52. The molecule has 0 heterocycles. The first-order chi connectivity index (χ1) is 7.19. The van der Waals surface area contributed by atoms with E-state index in [2.05, 4.69) is 31.3 Å². The summed E-state index contributed by atoms with van der Waals surface area (Å²) < 4.78 is 5.27. The molecule has 1 aromatic rings. The molecule has 0 saturated carbocycles. The number of aryl methyl sites for hydroxylation is 2. The van der Waals surface area contributed by atoms with Crippen LogP contribution in [0.5, 0.6) is 5.75 Å². The summed E-state index contributed by atoms with van der Waals surface area (Å²) >= 11 is 5.56. The maximum Gasteiger partial charge on any atom is 0.122 e. The third kappa shape index (κ3) is 3.40. The average molecular weight is 228 g/mol. The van der Waals surface area contributed by atoms with E-state index in [9.17, 15) is 0 Å². The lowest BCUT2D eigenvalue weighted by atomic mass is 10.0. The van der Waals surface area contributed by atoms with Crippen LogP contribution in [0.3, 0.4) is 0 Å². The van der Waals surface area contributed by atoms with E-state index in [-0.39, 0.29) is 0 Å². The molecule has 0 saturated heterocycles. The van der Waals surface area contributed by atoms with Gasteiger partial charge in [-0.05, 0) is 43.0 Å². The molecule has 0 bridgehead atoms. The van der Waals surface area contributed by atoms with Crippen LogP contribution in [0, 0.1) is 13.8 Å². The summed E-state index contributed by atoms with van der Waals surface area (Å²) in [6.45, 7) is 5.09. The smallest absolute Gasteiger partial charge is 0.122 e. The molecule has 1 N–H and O–H groups in total. The molecule has 1 rings (SSSR count). The predicted molar refractivity (Wildman–Crippen MR) is 64.9 cm³/mol. The van der Waals surface area contributed by atoms with E-state index in [1.807, 2.05) is 0 Å². The molecule has 0 aliphatic rings. The first-order valence-electron chi connectivity index (χ1n) is 5.09. The van der Waals surface area contributed by atoms with Crippen LogP contribution in [-0.4, -0.2) is 19.7 Å². The molecule has 0 spiro atoms. The Kier molecular flexibility index (Phi) is 4.92. The Labute approximate surface area is 96.6 Å². The number of hydrogen-bond donors (Lipinski definition) is 1. The number of rotatable bonds is 5. The van der Waals surface area contributed by atoms with Crippen molar-refractivity contribution in [2.45, 2.75) is 20.3 Å². The maximum atomic E-state index is 5.56. The van der Waals surface area contributed by atoms with E-state index in [0.717, 1.165) is 18.7 Å². The van der Waals surface area contributed by atoms with Crippen LogP contribution in [0.4, 0.5) is 0 Å². The molecular formula is C12H18ClNO. The van der Waals surface area contributed by atoms with Crippen LogP contribution in [0.25, 0.3) is 0 Å². The lowest BCUT2D eigenvalue weighted by Crippen LogP contribution is -2.15. The van der Waals surface area contributed by atoms with Gasteiger partial charge in [0.15, 0.2) is 0 Å². The zero-order valence-corrected chi connectivity index (χ0v) is 10.3. The Bertz CT molecular complexity index is 326. The largest absolute Gasteiger partial charge is 0.496 e.